The van der Waals surface area contributed by atoms with Crippen LogP contribution in [-0.4, -0.2) is 19.0 Å². The van der Waals surface area contributed by atoms with E-state index in [-0.39, 0.29) is 17.9 Å². The van der Waals surface area contributed by atoms with Crippen LogP contribution in [0.1, 0.15) is 91.8 Å². The molecule has 4 rings (SSSR count). The van der Waals surface area contributed by atoms with Crippen molar-refractivity contribution < 1.29 is 19.1 Å². The van der Waals surface area contributed by atoms with Crippen molar-refractivity contribution in [3.05, 3.63) is 89.0 Å². The van der Waals surface area contributed by atoms with E-state index >= 15 is 0 Å². The van der Waals surface area contributed by atoms with Gasteiger partial charge in [0.25, 0.3) is 0 Å². The summed E-state index contributed by atoms with van der Waals surface area (Å²) in [6, 6.07) is 22.1. The number of aryl methyl sites for hydroxylation is 2. The van der Waals surface area contributed by atoms with Crippen LogP contribution in [0.4, 0.5) is 0 Å². The Balaban J connectivity index is 1.25. The number of benzene rings is 3. The Hall–Kier alpha value is -3.40. The highest BCUT2D eigenvalue weighted by Gasteiger charge is 2.25. The van der Waals surface area contributed by atoms with Crippen LogP contribution >= 0.6 is 0 Å². The summed E-state index contributed by atoms with van der Waals surface area (Å²) >= 11 is 0. The Kier molecular flexibility index (Phi) is 10.8. The van der Waals surface area contributed by atoms with Crippen molar-refractivity contribution in [1.29, 1.82) is 0 Å². The molecule has 3 aromatic carbocycles. The summed E-state index contributed by atoms with van der Waals surface area (Å²) in [5.74, 6) is -0.0910. The molecule has 0 heterocycles. The first-order chi connectivity index (χ1) is 19.1. The Bertz CT molecular complexity index is 1210. The number of hydrogen-bond donors (Lipinski definition) is 0. The fourth-order valence-corrected chi connectivity index (χ4v) is 5.45. The van der Waals surface area contributed by atoms with Crippen LogP contribution in [0.5, 0.6) is 5.75 Å². The zero-order chi connectivity index (χ0) is 27.5. The summed E-state index contributed by atoms with van der Waals surface area (Å²) in [6.07, 6.45) is 14.0. The second-order valence-corrected chi connectivity index (χ2v) is 10.8. The standard InChI is InChI=1S/C35H42O4/c1-3-4-5-6-7-8-9-10-11-26-12-14-27(15-13-26)28-16-18-29(19-17-28)35(37)39-33-23-22-30-24-32(34(36)38-2)21-20-31(30)25-33/h12-19,22-23,25,32H,3-11,20-21,24H2,1-2H3. The minimum absolute atomic E-state index is 0.0967. The molecule has 39 heavy (non-hydrogen) atoms. The lowest BCUT2D eigenvalue weighted by molar-refractivity contribution is -0.145. The number of carbonyl (C=O) groups is 2. The molecule has 0 spiro atoms. The van der Waals surface area contributed by atoms with E-state index in [1.165, 1.54) is 64.0 Å². The Labute approximate surface area is 233 Å². The highest BCUT2D eigenvalue weighted by molar-refractivity contribution is 5.91. The topological polar surface area (TPSA) is 52.6 Å². The zero-order valence-corrected chi connectivity index (χ0v) is 23.5. The molecule has 0 radical (unpaired) electrons. The van der Waals surface area contributed by atoms with Crippen molar-refractivity contribution in [2.24, 2.45) is 5.92 Å². The van der Waals surface area contributed by atoms with Crippen LogP contribution in [0.2, 0.25) is 0 Å². The normalized spacial score (nSPS) is 14.5. The lowest BCUT2D eigenvalue weighted by Crippen LogP contribution is -2.23. The molecule has 1 atom stereocenters. The predicted molar refractivity (Wildman–Crippen MR) is 157 cm³/mol. The maximum atomic E-state index is 12.8. The van der Waals surface area contributed by atoms with Gasteiger partial charge in [-0.2, -0.15) is 0 Å². The summed E-state index contributed by atoms with van der Waals surface area (Å²) in [4.78, 5) is 24.7. The van der Waals surface area contributed by atoms with Gasteiger partial charge in [-0.3, -0.25) is 4.79 Å². The van der Waals surface area contributed by atoms with Gasteiger partial charge in [0, 0.05) is 0 Å². The molecule has 0 saturated heterocycles. The Morgan fingerprint density at radius 1 is 0.769 bits per heavy atom. The molecule has 1 aliphatic rings. The number of ether oxygens (including phenoxy) is 2. The van der Waals surface area contributed by atoms with Gasteiger partial charge in [-0.1, -0.05) is 94.3 Å². The molecular formula is C35H42O4. The van der Waals surface area contributed by atoms with Crippen LogP contribution in [0.3, 0.4) is 0 Å². The third kappa shape index (κ3) is 8.29. The van der Waals surface area contributed by atoms with E-state index < -0.39 is 0 Å². The number of esters is 2. The molecule has 1 aliphatic carbocycles. The number of rotatable bonds is 13. The molecule has 4 nitrogen and oxygen atoms in total. The monoisotopic (exact) mass is 526 g/mol. The highest BCUT2D eigenvalue weighted by atomic mass is 16.5. The lowest BCUT2D eigenvalue weighted by atomic mass is 9.84. The largest absolute Gasteiger partial charge is 0.469 e. The van der Waals surface area contributed by atoms with Crippen molar-refractivity contribution in [1.82, 2.24) is 0 Å². The molecule has 0 aromatic heterocycles. The van der Waals surface area contributed by atoms with Gasteiger partial charge in [-0.25, -0.2) is 4.79 Å². The zero-order valence-electron chi connectivity index (χ0n) is 23.5. The van der Waals surface area contributed by atoms with Crippen LogP contribution in [0.15, 0.2) is 66.7 Å². The molecule has 0 fully saturated rings. The minimum atomic E-state index is -0.370. The molecule has 0 aliphatic heterocycles. The van der Waals surface area contributed by atoms with Crippen LogP contribution in [0, 0.1) is 5.92 Å². The molecule has 0 saturated carbocycles. The van der Waals surface area contributed by atoms with E-state index in [0.717, 1.165) is 41.5 Å². The third-order valence-electron chi connectivity index (χ3n) is 7.88. The Morgan fingerprint density at radius 3 is 2.08 bits per heavy atom. The van der Waals surface area contributed by atoms with E-state index in [4.69, 9.17) is 9.47 Å². The summed E-state index contributed by atoms with van der Waals surface area (Å²) < 4.78 is 10.6. The van der Waals surface area contributed by atoms with Crippen molar-refractivity contribution in [3.8, 4) is 16.9 Å². The fourth-order valence-electron chi connectivity index (χ4n) is 5.45. The molecular weight excluding hydrogens is 484 g/mol. The summed E-state index contributed by atoms with van der Waals surface area (Å²) in [6.45, 7) is 2.26. The van der Waals surface area contributed by atoms with Crippen molar-refractivity contribution in [2.45, 2.75) is 84.0 Å². The van der Waals surface area contributed by atoms with Crippen molar-refractivity contribution in [3.63, 3.8) is 0 Å². The molecule has 4 heteroatoms. The maximum absolute atomic E-state index is 12.8. The summed E-state index contributed by atoms with van der Waals surface area (Å²) in [7, 11) is 1.43. The Morgan fingerprint density at radius 2 is 1.41 bits per heavy atom. The van der Waals surface area contributed by atoms with Crippen LogP contribution in [-0.2, 0) is 28.8 Å². The summed E-state index contributed by atoms with van der Waals surface area (Å²) in [5.41, 5.74) is 6.38. The average Bonchev–Trinajstić information content (AvgIpc) is 2.98. The SMILES string of the molecule is CCCCCCCCCCc1ccc(-c2ccc(C(=O)Oc3ccc4c(c3)CCC(C(=O)OC)C4)cc2)cc1. The average molecular weight is 527 g/mol. The third-order valence-corrected chi connectivity index (χ3v) is 7.88. The minimum Gasteiger partial charge on any atom is -0.469 e. The number of hydrogen-bond acceptors (Lipinski definition) is 4. The van der Waals surface area contributed by atoms with E-state index in [9.17, 15) is 9.59 Å². The summed E-state index contributed by atoms with van der Waals surface area (Å²) in [5, 5.41) is 0. The fraction of sp³-hybridized carbons (Fsp3) is 0.429. The smallest absolute Gasteiger partial charge is 0.343 e. The van der Waals surface area contributed by atoms with E-state index in [1.807, 2.05) is 36.4 Å². The van der Waals surface area contributed by atoms with Gasteiger partial charge in [0.2, 0.25) is 0 Å². The van der Waals surface area contributed by atoms with Gasteiger partial charge in [0.05, 0.1) is 18.6 Å². The first kappa shape index (κ1) is 28.6. The first-order valence-electron chi connectivity index (χ1n) is 14.7. The molecule has 0 N–H and O–H groups in total. The van der Waals surface area contributed by atoms with Gasteiger partial charge >= 0.3 is 11.9 Å². The second kappa shape index (κ2) is 14.7. The molecule has 0 bridgehead atoms. The molecule has 0 amide bonds. The van der Waals surface area contributed by atoms with Crippen molar-refractivity contribution in [2.75, 3.05) is 7.11 Å². The van der Waals surface area contributed by atoms with Crippen LogP contribution in [0.25, 0.3) is 11.1 Å². The van der Waals surface area contributed by atoms with Gasteiger partial charge in [-0.15, -0.1) is 0 Å². The van der Waals surface area contributed by atoms with Gasteiger partial charge in [0.15, 0.2) is 0 Å². The number of unbranched alkanes of at least 4 members (excludes halogenated alkanes) is 7. The van der Waals surface area contributed by atoms with Crippen LogP contribution < -0.4 is 4.74 Å². The quantitative estimate of drug-likeness (QED) is 0.127. The highest BCUT2D eigenvalue weighted by Crippen LogP contribution is 2.30. The first-order valence-corrected chi connectivity index (χ1v) is 14.7. The van der Waals surface area contributed by atoms with E-state index in [2.05, 4.69) is 31.2 Å². The van der Waals surface area contributed by atoms with Gasteiger partial charge in [0.1, 0.15) is 5.75 Å². The lowest BCUT2D eigenvalue weighted by Gasteiger charge is -2.23. The number of carbonyl (C=O) groups excluding carboxylic acids is 2. The second-order valence-electron chi connectivity index (χ2n) is 10.8. The predicted octanol–water partition coefficient (Wildman–Crippen LogP) is 8.53. The van der Waals surface area contributed by atoms with E-state index in [1.54, 1.807) is 6.07 Å². The van der Waals surface area contributed by atoms with Crippen molar-refractivity contribution >= 4 is 11.9 Å². The molecule has 1 unspecified atom stereocenters. The van der Waals surface area contributed by atoms with E-state index in [0.29, 0.717) is 17.7 Å². The molecule has 206 valence electrons. The number of methoxy groups -OCH3 is 1. The maximum Gasteiger partial charge on any atom is 0.343 e. The molecule has 3 aromatic rings. The van der Waals surface area contributed by atoms with Gasteiger partial charge < -0.3 is 9.47 Å². The number of fused-ring (bicyclic) bond motifs is 1. The van der Waals surface area contributed by atoms with Gasteiger partial charge in [-0.05, 0) is 84.2 Å².